The highest BCUT2D eigenvalue weighted by atomic mass is 19.1. The lowest BCUT2D eigenvalue weighted by molar-refractivity contribution is -0.151. The van der Waals surface area contributed by atoms with E-state index in [0.717, 1.165) is 12.1 Å². The summed E-state index contributed by atoms with van der Waals surface area (Å²) in [5.74, 6) is -1.52. The Labute approximate surface area is 115 Å². The van der Waals surface area contributed by atoms with Crippen LogP contribution in [0.15, 0.2) is 18.2 Å². The normalized spacial score (nSPS) is 18.7. The molecule has 1 heterocycles. The van der Waals surface area contributed by atoms with E-state index in [9.17, 15) is 14.0 Å². The van der Waals surface area contributed by atoms with Gasteiger partial charge in [0, 0.05) is 12.2 Å². The highest BCUT2D eigenvalue weighted by molar-refractivity contribution is 6.01. The third kappa shape index (κ3) is 2.72. The number of benzene rings is 1. The van der Waals surface area contributed by atoms with Crippen molar-refractivity contribution in [2.24, 2.45) is 0 Å². The van der Waals surface area contributed by atoms with Crippen LogP contribution in [-0.2, 0) is 14.3 Å². The maximum Gasteiger partial charge on any atom is 0.331 e. The Morgan fingerprint density at radius 1 is 1.50 bits per heavy atom. The van der Waals surface area contributed by atoms with Crippen LogP contribution in [0.25, 0.3) is 0 Å². The SMILES string of the molecule is COC(=O)C1COCCN1C(=O)c1ccc(F)cc1N. The molecule has 0 aliphatic carbocycles. The summed E-state index contributed by atoms with van der Waals surface area (Å²) in [6.07, 6.45) is 0. The summed E-state index contributed by atoms with van der Waals surface area (Å²) in [4.78, 5) is 25.4. The number of morpholine rings is 1. The zero-order valence-corrected chi connectivity index (χ0v) is 11.0. The molecule has 2 N–H and O–H groups in total. The summed E-state index contributed by atoms with van der Waals surface area (Å²) in [6.45, 7) is 0.634. The minimum Gasteiger partial charge on any atom is -0.467 e. The fourth-order valence-electron chi connectivity index (χ4n) is 2.06. The minimum absolute atomic E-state index is 0.0325. The molecule has 1 aromatic rings. The molecule has 1 unspecified atom stereocenters. The molecule has 7 heteroatoms. The first-order valence-corrected chi connectivity index (χ1v) is 6.06. The van der Waals surface area contributed by atoms with Gasteiger partial charge in [-0.05, 0) is 18.2 Å². The molecule has 1 aromatic carbocycles. The lowest BCUT2D eigenvalue weighted by atomic mass is 10.1. The fraction of sp³-hybridized carbons (Fsp3) is 0.385. The maximum absolute atomic E-state index is 13.0. The lowest BCUT2D eigenvalue weighted by Crippen LogP contribution is -2.53. The first-order chi connectivity index (χ1) is 9.54. The number of esters is 1. The van der Waals surface area contributed by atoms with Gasteiger partial charge in [-0.1, -0.05) is 0 Å². The minimum atomic E-state index is -0.814. The molecule has 0 saturated carbocycles. The molecule has 1 amide bonds. The van der Waals surface area contributed by atoms with Gasteiger partial charge < -0.3 is 20.1 Å². The van der Waals surface area contributed by atoms with Crippen LogP contribution in [0.2, 0.25) is 0 Å². The van der Waals surface area contributed by atoms with Crippen LogP contribution in [-0.4, -0.2) is 49.7 Å². The Kier molecular flexibility index (Phi) is 4.19. The Hall–Kier alpha value is -2.15. The van der Waals surface area contributed by atoms with E-state index in [1.807, 2.05) is 0 Å². The summed E-state index contributed by atoms with van der Waals surface area (Å²) >= 11 is 0. The summed E-state index contributed by atoms with van der Waals surface area (Å²) in [5, 5.41) is 0. The van der Waals surface area contributed by atoms with E-state index in [1.165, 1.54) is 18.1 Å². The predicted octanol–water partition coefficient (Wildman–Crippen LogP) is 0.422. The van der Waals surface area contributed by atoms with E-state index in [-0.39, 0.29) is 24.4 Å². The molecule has 6 nitrogen and oxygen atoms in total. The van der Waals surface area contributed by atoms with E-state index in [1.54, 1.807) is 0 Å². The summed E-state index contributed by atoms with van der Waals surface area (Å²) in [6, 6.07) is 2.71. The third-order valence-corrected chi connectivity index (χ3v) is 3.11. The third-order valence-electron chi connectivity index (χ3n) is 3.11. The van der Waals surface area contributed by atoms with Crippen LogP contribution in [0, 0.1) is 5.82 Å². The predicted molar refractivity (Wildman–Crippen MR) is 68.5 cm³/mol. The molecule has 2 rings (SSSR count). The van der Waals surface area contributed by atoms with E-state index < -0.39 is 23.7 Å². The summed E-state index contributed by atoms with van der Waals surface area (Å²) < 4.78 is 22.8. The molecular formula is C13H15FN2O4. The van der Waals surface area contributed by atoms with Gasteiger partial charge in [-0.25, -0.2) is 9.18 Å². The zero-order chi connectivity index (χ0) is 14.7. The number of rotatable bonds is 2. The molecule has 0 radical (unpaired) electrons. The van der Waals surface area contributed by atoms with Gasteiger partial charge in [0.2, 0.25) is 0 Å². The Balaban J connectivity index is 2.27. The number of nitrogens with zero attached hydrogens (tertiary/aromatic N) is 1. The van der Waals surface area contributed by atoms with E-state index in [2.05, 4.69) is 4.74 Å². The standard InChI is InChI=1S/C13H15FN2O4/c1-19-13(18)11-7-20-5-4-16(11)12(17)9-3-2-8(14)6-10(9)15/h2-3,6,11H,4-5,7,15H2,1H3. The van der Waals surface area contributed by atoms with Crippen molar-refractivity contribution in [2.45, 2.75) is 6.04 Å². The van der Waals surface area contributed by atoms with Gasteiger partial charge in [-0.3, -0.25) is 4.79 Å². The van der Waals surface area contributed by atoms with Crippen molar-refractivity contribution in [3.05, 3.63) is 29.6 Å². The van der Waals surface area contributed by atoms with Crippen molar-refractivity contribution >= 4 is 17.6 Å². The topological polar surface area (TPSA) is 81.9 Å². The van der Waals surface area contributed by atoms with Crippen molar-refractivity contribution in [3.8, 4) is 0 Å². The van der Waals surface area contributed by atoms with Gasteiger partial charge >= 0.3 is 5.97 Å². The smallest absolute Gasteiger partial charge is 0.331 e. The number of halogens is 1. The first kappa shape index (κ1) is 14.3. The number of ether oxygens (including phenoxy) is 2. The average molecular weight is 282 g/mol. The highest BCUT2D eigenvalue weighted by Crippen LogP contribution is 2.19. The summed E-state index contributed by atoms with van der Waals surface area (Å²) in [5.41, 5.74) is 5.84. The molecule has 1 fully saturated rings. The van der Waals surface area contributed by atoms with Gasteiger partial charge in [0.15, 0.2) is 6.04 Å². The second kappa shape index (κ2) is 5.87. The second-order valence-corrected chi connectivity index (χ2v) is 4.34. The molecule has 20 heavy (non-hydrogen) atoms. The molecule has 1 aliphatic heterocycles. The highest BCUT2D eigenvalue weighted by Gasteiger charge is 2.34. The van der Waals surface area contributed by atoms with Crippen molar-refractivity contribution in [2.75, 3.05) is 32.6 Å². The molecule has 0 bridgehead atoms. The van der Waals surface area contributed by atoms with Gasteiger partial charge in [-0.2, -0.15) is 0 Å². The Morgan fingerprint density at radius 2 is 2.25 bits per heavy atom. The molecule has 0 aromatic heterocycles. The van der Waals surface area contributed by atoms with Crippen LogP contribution in [0.1, 0.15) is 10.4 Å². The fourth-order valence-corrected chi connectivity index (χ4v) is 2.06. The summed E-state index contributed by atoms with van der Waals surface area (Å²) in [7, 11) is 1.24. The number of nitrogen functional groups attached to an aromatic ring is 1. The van der Waals surface area contributed by atoms with Crippen LogP contribution in [0.5, 0.6) is 0 Å². The molecular weight excluding hydrogens is 267 g/mol. The number of amides is 1. The number of anilines is 1. The van der Waals surface area contributed by atoms with E-state index >= 15 is 0 Å². The second-order valence-electron chi connectivity index (χ2n) is 4.34. The Morgan fingerprint density at radius 3 is 2.90 bits per heavy atom. The van der Waals surface area contributed by atoms with Crippen molar-refractivity contribution in [1.29, 1.82) is 0 Å². The van der Waals surface area contributed by atoms with Crippen molar-refractivity contribution < 1.29 is 23.5 Å². The number of methoxy groups -OCH3 is 1. The number of hydrogen-bond acceptors (Lipinski definition) is 5. The Bertz CT molecular complexity index is 535. The maximum atomic E-state index is 13.0. The van der Waals surface area contributed by atoms with Crippen LogP contribution >= 0.6 is 0 Å². The molecule has 0 spiro atoms. The number of hydrogen-bond donors (Lipinski definition) is 1. The van der Waals surface area contributed by atoms with Crippen molar-refractivity contribution in [1.82, 2.24) is 4.90 Å². The zero-order valence-electron chi connectivity index (χ0n) is 11.0. The molecule has 1 atom stereocenters. The monoisotopic (exact) mass is 282 g/mol. The average Bonchev–Trinajstić information content (AvgIpc) is 2.46. The quantitative estimate of drug-likeness (QED) is 0.628. The van der Waals surface area contributed by atoms with Gasteiger partial charge in [0.05, 0.1) is 25.9 Å². The van der Waals surface area contributed by atoms with Gasteiger partial charge in [0.25, 0.3) is 5.91 Å². The van der Waals surface area contributed by atoms with Crippen molar-refractivity contribution in [3.63, 3.8) is 0 Å². The van der Waals surface area contributed by atoms with Crippen LogP contribution < -0.4 is 5.73 Å². The number of carbonyl (C=O) groups excluding carboxylic acids is 2. The largest absolute Gasteiger partial charge is 0.467 e. The van der Waals surface area contributed by atoms with Crippen LogP contribution in [0.4, 0.5) is 10.1 Å². The van der Waals surface area contributed by atoms with Crippen LogP contribution in [0.3, 0.4) is 0 Å². The van der Waals surface area contributed by atoms with Gasteiger partial charge in [0.1, 0.15) is 5.82 Å². The van der Waals surface area contributed by atoms with E-state index in [0.29, 0.717) is 6.61 Å². The number of carbonyl (C=O) groups is 2. The molecule has 108 valence electrons. The van der Waals surface area contributed by atoms with Gasteiger partial charge in [-0.15, -0.1) is 0 Å². The molecule has 1 saturated heterocycles. The number of nitrogens with two attached hydrogens (primary N) is 1. The first-order valence-electron chi connectivity index (χ1n) is 6.06. The van der Waals surface area contributed by atoms with E-state index in [4.69, 9.17) is 10.5 Å². The molecule has 1 aliphatic rings. The lowest BCUT2D eigenvalue weighted by Gasteiger charge is -2.33.